The summed E-state index contributed by atoms with van der Waals surface area (Å²) in [5.74, 6) is -4.52. The Bertz CT molecular complexity index is 2010. The van der Waals surface area contributed by atoms with E-state index in [1.165, 1.54) is 21.1 Å². The van der Waals surface area contributed by atoms with E-state index in [-0.39, 0.29) is 24.2 Å². The lowest BCUT2D eigenvalue weighted by Crippen LogP contribution is -2.82. The lowest BCUT2D eigenvalue weighted by Gasteiger charge is -2.67. The molecular weight excluding hydrogens is 778 g/mol. The van der Waals surface area contributed by atoms with Crippen LogP contribution in [0.5, 0.6) is 0 Å². The molecule has 6 rings (SSSR count). The summed E-state index contributed by atoms with van der Waals surface area (Å²) in [6.45, 7) is 12.7. The van der Waals surface area contributed by atoms with Crippen molar-refractivity contribution in [3.8, 4) is 0 Å². The number of esters is 3. The summed E-state index contributed by atoms with van der Waals surface area (Å²) < 4.78 is 42.4. The van der Waals surface area contributed by atoms with Gasteiger partial charge in [-0.25, -0.2) is 14.4 Å². The summed E-state index contributed by atoms with van der Waals surface area (Å²) >= 11 is 0. The molecule has 0 radical (unpaired) electrons. The van der Waals surface area contributed by atoms with Crippen LogP contribution in [0.4, 0.5) is 4.79 Å². The van der Waals surface area contributed by atoms with E-state index < -0.39 is 112 Å². The molecule has 60 heavy (non-hydrogen) atoms. The van der Waals surface area contributed by atoms with Crippen molar-refractivity contribution in [2.75, 3.05) is 20.8 Å². The number of aliphatic hydroxyl groups excluding tert-OH is 1. The molecule has 2 saturated carbocycles. The number of fused-ring (bicyclic) bond motifs is 5. The molecule has 11 atom stereocenters. The van der Waals surface area contributed by atoms with Crippen molar-refractivity contribution >= 4 is 29.8 Å². The fraction of sp³-hybridized carbons (Fsp3) is 0.578. The van der Waals surface area contributed by atoms with Crippen LogP contribution in [0.15, 0.2) is 71.8 Å². The van der Waals surface area contributed by atoms with E-state index in [1.54, 1.807) is 109 Å². The molecule has 0 spiro atoms. The van der Waals surface area contributed by atoms with Gasteiger partial charge in [-0.05, 0) is 63.5 Å². The first kappa shape index (κ1) is 44.9. The van der Waals surface area contributed by atoms with Gasteiger partial charge in [0.15, 0.2) is 17.5 Å². The Morgan fingerprint density at radius 1 is 0.933 bits per heavy atom. The SMILES string of the molecule is CO[C@H]1C(=O)[C@]2(C)[C@@H](OC)C[C@@H]3OC[C@@]3(OC(C)=O)[C@H]2[C@H](OC(=O)c2ccccc2)[C@]2(O)C[C@H](OC(=O)C(O)C(NC(=O)OC(C)(C)C)c3ccccc3)C(C)=C1C2(C)C. The predicted octanol–water partition coefficient (Wildman–Crippen LogP) is 4.57. The van der Waals surface area contributed by atoms with E-state index in [0.717, 1.165) is 0 Å². The van der Waals surface area contributed by atoms with Crippen LogP contribution in [-0.4, -0.2) is 114 Å². The summed E-state index contributed by atoms with van der Waals surface area (Å²) in [6.07, 6.45) is -9.31. The molecule has 4 aliphatic rings. The van der Waals surface area contributed by atoms with Crippen LogP contribution < -0.4 is 5.32 Å². The van der Waals surface area contributed by atoms with E-state index in [2.05, 4.69) is 5.32 Å². The Morgan fingerprint density at radius 3 is 2.08 bits per heavy atom. The monoisotopic (exact) mass is 835 g/mol. The van der Waals surface area contributed by atoms with Crippen LogP contribution in [0.3, 0.4) is 0 Å². The van der Waals surface area contributed by atoms with Gasteiger partial charge in [0, 0.05) is 39.4 Å². The normalized spacial score (nSPS) is 33.0. The lowest BCUT2D eigenvalue weighted by molar-refractivity contribution is -0.347. The third-order valence-electron chi connectivity index (χ3n) is 13.0. The summed E-state index contributed by atoms with van der Waals surface area (Å²) in [4.78, 5) is 70.1. The quantitative estimate of drug-likeness (QED) is 0.171. The Hall–Kier alpha value is -4.67. The Balaban J connectivity index is 1.52. The van der Waals surface area contributed by atoms with Gasteiger partial charge in [-0.1, -0.05) is 62.4 Å². The summed E-state index contributed by atoms with van der Waals surface area (Å²) in [5.41, 5.74) is -6.72. The molecule has 3 aliphatic carbocycles. The minimum absolute atomic E-state index is 0.121. The predicted molar refractivity (Wildman–Crippen MR) is 213 cm³/mol. The van der Waals surface area contributed by atoms with Gasteiger partial charge >= 0.3 is 24.0 Å². The van der Waals surface area contributed by atoms with Crippen LogP contribution in [-0.2, 0) is 47.5 Å². The second-order valence-corrected chi connectivity index (χ2v) is 18.0. The van der Waals surface area contributed by atoms with Crippen molar-refractivity contribution in [1.82, 2.24) is 5.32 Å². The van der Waals surface area contributed by atoms with Crippen LogP contribution >= 0.6 is 0 Å². The van der Waals surface area contributed by atoms with Crippen LogP contribution in [0.2, 0.25) is 0 Å². The highest BCUT2D eigenvalue weighted by Crippen LogP contribution is 2.64. The molecule has 15 heteroatoms. The van der Waals surface area contributed by atoms with Crippen molar-refractivity contribution in [2.45, 2.75) is 128 Å². The standard InChI is InChI=1S/C45H57NO14/c1-24-28(57-39(51)33(48)32(26-17-13-11-14-18-26)46-40(52)60-41(3,4)5)22-45(53)37(58-38(50)27-19-15-12-16-20-27)35-43(8,36(49)34(55-10)31(24)42(45,6)7)29(54-9)21-30-44(35,23-56-30)59-25(2)47/h11-20,28-30,32-35,37,48,53H,21-23H2,1-10H3,(H,46,52)/t28-,29-,30-,32?,33?,34+,35-,37-,43+,44-,45+/m0/s1. The fourth-order valence-corrected chi connectivity index (χ4v) is 10.1. The minimum atomic E-state index is -2.22. The second kappa shape index (κ2) is 16.3. The largest absolute Gasteiger partial charge is 0.456 e. The zero-order valence-corrected chi connectivity index (χ0v) is 35.8. The topological polar surface area (TPSA) is 202 Å². The number of carbonyl (C=O) groups is 5. The Kier molecular flexibility index (Phi) is 12.2. The van der Waals surface area contributed by atoms with E-state index in [4.69, 9.17) is 33.2 Å². The molecular formula is C45H57NO14. The summed E-state index contributed by atoms with van der Waals surface area (Å²) in [7, 11) is 2.78. The first-order chi connectivity index (χ1) is 28.1. The molecule has 15 nitrogen and oxygen atoms in total. The number of alkyl carbamates (subject to hydrolysis) is 1. The number of nitrogens with one attached hydrogen (secondary N) is 1. The number of ether oxygens (including phenoxy) is 7. The third kappa shape index (κ3) is 7.52. The maximum absolute atomic E-state index is 15.5. The molecule has 326 valence electrons. The molecule has 0 aromatic heterocycles. The number of carbonyl (C=O) groups excluding carboxylic acids is 5. The summed E-state index contributed by atoms with van der Waals surface area (Å²) in [6, 6.07) is 15.1. The fourth-order valence-electron chi connectivity index (χ4n) is 10.1. The second-order valence-electron chi connectivity index (χ2n) is 18.0. The van der Waals surface area contributed by atoms with Crippen LogP contribution in [0.1, 0.15) is 90.2 Å². The number of Topliss-reactive ketones (excluding diaryl/α,β-unsaturated/α-hetero) is 1. The highest BCUT2D eigenvalue weighted by molar-refractivity contribution is 5.94. The van der Waals surface area contributed by atoms with Gasteiger partial charge < -0.3 is 48.7 Å². The first-order valence-electron chi connectivity index (χ1n) is 20.1. The number of amides is 1. The molecule has 2 aromatic carbocycles. The number of hydrogen-bond donors (Lipinski definition) is 3. The van der Waals surface area contributed by atoms with Gasteiger partial charge in [0.1, 0.15) is 35.6 Å². The maximum atomic E-state index is 15.5. The van der Waals surface area contributed by atoms with Crippen LogP contribution in [0, 0.1) is 16.7 Å². The highest BCUT2D eigenvalue weighted by Gasteiger charge is 2.78. The van der Waals surface area contributed by atoms with Gasteiger partial charge in [-0.2, -0.15) is 0 Å². The Labute approximate surface area is 350 Å². The molecule has 2 unspecified atom stereocenters. The third-order valence-corrected chi connectivity index (χ3v) is 13.0. The number of hydrogen-bond acceptors (Lipinski definition) is 14. The molecule has 1 saturated heterocycles. The zero-order valence-electron chi connectivity index (χ0n) is 35.8. The van der Waals surface area contributed by atoms with Gasteiger partial charge in [-0.15, -0.1) is 0 Å². The maximum Gasteiger partial charge on any atom is 0.408 e. The van der Waals surface area contributed by atoms with E-state index in [1.807, 2.05) is 0 Å². The molecule has 1 heterocycles. The number of benzene rings is 2. The average Bonchev–Trinajstić information content (AvgIpc) is 3.18. The van der Waals surface area contributed by atoms with Crippen LogP contribution in [0.25, 0.3) is 0 Å². The average molecular weight is 836 g/mol. The van der Waals surface area contributed by atoms with E-state index in [0.29, 0.717) is 11.1 Å². The van der Waals surface area contributed by atoms with E-state index in [9.17, 15) is 29.4 Å². The minimum Gasteiger partial charge on any atom is -0.456 e. The smallest absolute Gasteiger partial charge is 0.408 e. The molecule has 3 N–H and O–H groups in total. The zero-order chi connectivity index (χ0) is 44.2. The van der Waals surface area contributed by atoms with Gasteiger partial charge in [0.2, 0.25) is 0 Å². The van der Waals surface area contributed by atoms with Gasteiger partial charge in [0.05, 0.1) is 35.6 Å². The number of ketones is 1. The summed E-state index contributed by atoms with van der Waals surface area (Å²) in [5, 5.41) is 28.0. The van der Waals surface area contributed by atoms with Crippen molar-refractivity contribution < 1.29 is 67.3 Å². The van der Waals surface area contributed by atoms with Crippen molar-refractivity contribution in [3.63, 3.8) is 0 Å². The number of aliphatic hydroxyl groups is 2. The van der Waals surface area contributed by atoms with Crippen molar-refractivity contribution in [2.24, 2.45) is 16.7 Å². The van der Waals surface area contributed by atoms with Crippen molar-refractivity contribution in [3.05, 3.63) is 82.9 Å². The van der Waals surface area contributed by atoms with Gasteiger partial charge in [0.25, 0.3) is 0 Å². The number of methoxy groups -OCH3 is 2. The molecule has 2 aromatic rings. The lowest BCUT2D eigenvalue weighted by atomic mass is 9.44. The molecule has 3 fully saturated rings. The molecule has 1 amide bonds. The Morgan fingerprint density at radius 2 is 1.55 bits per heavy atom. The highest BCUT2D eigenvalue weighted by atomic mass is 16.6. The number of rotatable bonds is 10. The molecule has 1 aliphatic heterocycles. The van der Waals surface area contributed by atoms with Gasteiger partial charge in [-0.3, -0.25) is 9.59 Å². The molecule has 2 bridgehead atoms. The first-order valence-corrected chi connectivity index (χ1v) is 20.1. The van der Waals surface area contributed by atoms with Crippen molar-refractivity contribution in [1.29, 1.82) is 0 Å². The van der Waals surface area contributed by atoms with E-state index >= 15 is 4.79 Å².